The molecule has 2 fully saturated rings. The summed E-state index contributed by atoms with van der Waals surface area (Å²) in [5.74, 6) is -0.167. The quantitative estimate of drug-likeness (QED) is 0.200. The summed E-state index contributed by atoms with van der Waals surface area (Å²) >= 11 is 0. The number of esters is 1. The van der Waals surface area contributed by atoms with Gasteiger partial charge in [0, 0.05) is 31.8 Å². The number of nitrogens with one attached hydrogen (secondary N) is 1. The molecule has 0 unspecified atom stereocenters. The van der Waals surface area contributed by atoms with Crippen molar-refractivity contribution < 1.29 is 28.5 Å². The molecule has 0 saturated heterocycles. The number of ether oxygens (including phenoxy) is 4. The van der Waals surface area contributed by atoms with Gasteiger partial charge in [-0.05, 0) is 37.4 Å². The maximum Gasteiger partial charge on any atom is 0.309 e. The Hall–Kier alpha value is -3.51. The number of aromatic nitrogens is 4. The van der Waals surface area contributed by atoms with E-state index in [9.17, 15) is 9.59 Å². The monoisotopic (exact) mass is 553 g/mol. The fourth-order valence-electron chi connectivity index (χ4n) is 4.36. The Morgan fingerprint density at radius 2 is 1.87 bits per heavy atom. The lowest BCUT2D eigenvalue weighted by atomic mass is 10.1. The lowest BCUT2D eigenvalue weighted by molar-refractivity contribution is -0.143. The first-order valence-electron chi connectivity index (χ1n) is 13.2. The number of nitrogens with zero attached hydrogens (tertiary/aromatic N) is 4. The van der Waals surface area contributed by atoms with Gasteiger partial charge in [-0.3, -0.25) is 9.59 Å². The predicted molar refractivity (Wildman–Crippen MR) is 147 cm³/mol. The van der Waals surface area contributed by atoms with Crippen LogP contribution in [0.25, 0.3) is 22.2 Å². The molecule has 0 aromatic carbocycles. The first-order chi connectivity index (χ1) is 18.7. The van der Waals surface area contributed by atoms with E-state index in [4.69, 9.17) is 23.9 Å². The molecule has 0 radical (unpaired) electrons. The van der Waals surface area contributed by atoms with Gasteiger partial charge in [0.15, 0.2) is 0 Å². The van der Waals surface area contributed by atoms with Crippen LogP contribution in [0.15, 0.2) is 24.7 Å². The Morgan fingerprint density at radius 1 is 1.10 bits per heavy atom. The molecular weight excluding hydrogens is 518 g/mol. The van der Waals surface area contributed by atoms with Crippen molar-refractivity contribution in [3.05, 3.63) is 24.7 Å². The van der Waals surface area contributed by atoms with Gasteiger partial charge in [-0.1, -0.05) is 19.6 Å². The first kappa shape index (κ1) is 27.1. The van der Waals surface area contributed by atoms with E-state index in [0.717, 1.165) is 29.8 Å². The molecule has 3 aromatic rings. The summed E-state index contributed by atoms with van der Waals surface area (Å²) in [5, 5.41) is 3.67. The van der Waals surface area contributed by atoms with Gasteiger partial charge in [0.2, 0.25) is 17.7 Å². The van der Waals surface area contributed by atoms with E-state index in [1.165, 1.54) is 13.4 Å². The number of anilines is 1. The van der Waals surface area contributed by atoms with Crippen molar-refractivity contribution >= 4 is 36.8 Å². The molecule has 0 aliphatic heterocycles. The van der Waals surface area contributed by atoms with Crippen LogP contribution in [0.4, 0.5) is 5.82 Å². The molecule has 12 heteroatoms. The summed E-state index contributed by atoms with van der Waals surface area (Å²) in [7, 11) is 1.64. The second-order valence-corrected chi connectivity index (χ2v) is 16.9. The summed E-state index contributed by atoms with van der Waals surface area (Å²) in [6, 6.07) is 4.67. The Bertz CT molecular complexity index is 1380. The second-order valence-electron chi connectivity index (χ2n) is 11.3. The highest BCUT2D eigenvalue weighted by Gasteiger charge is 2.49. The van der Waals surface area contributed by atoms with Crippen LogP contribution in [-0.2, 0) is 25.8 Å². The molecule has 39 heavy (non-hydrogen) atoms. The van der Waals surface area contributed by atoms with Crippen molar-refractivity contribution in [3.8, 4) is 22.9 Å². The highest BCUT2D eigenvalue weighted by Crippen LogP contribution is 2.43. The number of carbonyl (C=O) groups excluding carboxylic acids is 2. The first-order valence-corrected chi connectivity index (χ1v) is 16.9. The zero-order valence-electron chi connectivity index (χ0n) is 23.0. The normalized spacial score (nSPS) is 18.6. The minimum absolute atomic E-state index is 0.137. The van der Waals surface area contributed by atoms with Crippen molar-refractivity contribution in [2.24, 2.45) is 11.8 Å². The van der Waals surface area contributed by atoms with Gasteiger partial charge in [0.1, 0.15) is 36.2 Å². The third kappa shape index (κ3) is 6.22. The maximum absolute atomic E-state index is 12.8. The molecule has 0 bridgehead atoms. The number of hydrogen-bond donors (Lipinski definition) is 1. The molecule has 1 N–H and O–H groups in total. The van der Waals surface area contributed by atoms with Crippen molar-refractivity contribution in [2.45, 2.75) is 57.8 Å². The Morgan fingerprint density at radius 3 is 2.56 bits per heavy atom. The van der Waals surface area contributed by atoms with E-state index >= 15 is 0 Å². The van der Waals surface area contributed by atoms with E-state index < -0.39 is 19.9 Å². The van der Waals surface area contributed by atoms with E-state index in [2.05, 4.69) is 34.9 Å². The number of pyridine rings is 1. The van der Waals surface area contributed by atoms with Crippen LogP contribution in [0.5, 0.6) is 11.8 Å². The molecule has 208 valence electrons. The average Bonchev–Trinajstić information content (AvgIpc) is 3.83. The number of carbonyl (C=O) groups is 2. The van der Waals surface area contributed by atoms with E-state index in [1.54, 1.807) is 13.2 Å². The van der Waals surface area contributed by atoms with E-state index in [1.807, 2.05) is 16.8 Å². The Balaban J connectivity index is 1.48. The molecular formula is C27H35N5O6Si. The maximum atomic E-state index is 12.8. The molecule has 0 spiro atoms. The third-order valence-electron chi connectivity index (χ3n) is 6.87. The number of rotatable bonds is 12. The van der Waals surface area contributed by atoms with Gasteiger partial charge < -0.3 is 28.8 Å². The standard InChI is InChI=1S/C27H35N5O6Si/c1-35-25-22(26(29-14-28-25)38-16-6-7-16)20-13-32(15-37-10-11-39(3,4)5)23-17(20)8-9-21(30-23)31-24(33)18-12-19(18)27(34)36-2/h8-9,13-14,16,18-19H,6-7,10-12,15H2,1-5H3,(H,30,31,33)/t18-,19-/m1/s1. The Labute approximate surface area is 228 Å². The summed E-state index contributed by atoms with van der Waals surface area (Å²) in [6.45, 7) is 7.86. The number of methoxy groups -OCH3 is 2. The summed E-state index contributed by atoms with van der Waals surface area (Å²) < 4.78 is 24.5. The molecule has 2 aliphatic carbocycles. The zero-order valence-corrected chi connectivity index (χ0v) is 24.0. The van der Waals surface area contributed by atoms with Crippen LogP contribution >= 0.6 is 0 Å². The smallest absolute Gasteiger partial charge is 0.309 e. The van der Waals surface area contributed by atoms with Crippen LogP contribution < -0.4 is 14.8 Å². The van der Waals surface area contributed by atoms with Gasteiger partial charge in [0.05, 0.1) is 26.1 Å². The van der Waals surface area contributed by atoms with Crippen LogP contribution in [0.3, 0.4) is 0 Å². The van der Waals surface area contributed by atoms with Gasteiger partial charge in [-0.25, -0.2) is 15.0 Å². The molecule has 2 saturated carbocycles. The number of fused-ring (bicyclic) bond motifs is 1. The van der Waals surface area contributed by atoms with Crippen molar-refractivity contribution in [2.75, 3.05) is 26.1 Å². The summed E-state index contributed by atoms with van der Waals surface area (Å²) in [4.78, 5) is 38.0. The molecule has 2 atom stereocenters. The minimum atomic E-state index is -1.25. The number of hydrogen-bond acceptors (Lipinski definition) is 9. The van der Waals surface area contributed by atoms with Crippen LogP contribution in [0.1, 0.15) is 19.3 Å². The zero-order chi connectivity index (χ0) is 27.7. The molecule has 3 heterocycles. The molecule has 1 amide bonds. The van der Waals surface area contributed by atoms with Crippen molar-refractivity contribution in [1.29, 1.82) is 0 Å². The Kier molecular flexibility index (Phi) is 7.59. The summed E-state index contributed by atoms with van der Waals surface area (Å²) in [5.41, 5.74) is 2.07. The molecule has 11 nitrogen and oxygen atoms in total. The van der Waals surface area contributed by atoms with Crippen molar-refractivity contribution in [3.63, 3.8) is 0 Å². The van der Waals surface area contributed by atoms with Gasteiger partial charge >= 0.3 is 5.97 Å². The van der Waals surface area contributed by atoms with Crippen LogP contribution in [0.2, 0.25) is 25.7 Å². The highest BCUT2D eigenvalue weighted by atomic mass is 28.3. The van der Waals surface area contributed by atoms with Crippen LogP contribution in [-0.4, -0.2) is 66.4 Å². The van der Waals surface area contributed by atoms with Gasteiger partial charge in [-0.15, -0.1) is 0 Å². The highest BCUT2D eigenvalue weighted by molar-refractivity contribution is 6.76. The topological polar surface area (TPSA) is 127 Å². The third-order valence-corrected chi connectivity index (χ3v) is 8.58. The SMILES string of the molecule is COC(=O)[C@@H]1C[C@H]1C(=O)Nc1ccc2c(-c3c(OC)ncnc3OC3CC3)cn(COCC[Si](C)(C)C)c2n1. The number of amides is 1. The van der Waals surface area contributed by atoms with E-state index in [-0.39, 0.29) is 24.7 Å². The van der Waals surface area contributed by atoms with Gasteiger partial charge in [-0.2, -0.15) is 0 Å². The van der Waals surface area contributed by atoms with E-state index in [0.29, 0.717) is 41.8 Å². The minimum Gasteiger partial charge on any atom is -0.480 e. The molecule has 5 rings (SSSR count). The molecule has 3 aromatic heterocycles. The predicted octanol–water partition coefficient (Wildman–Crippen LogP) is 4.10. The van der Waals surface area contributed by atoms with Gasteiger partial charge in [0.25, 0.3) is 0 Å². The lowest BCUT2D eigenvalue weighted by Gasteiger charge is -2.15. The fourth-order valence-corrected chi connectivity index (χ4v) is 5.12. The average molecular weight is 554 g/mol. The fraction of sp³-hybridized carbons (Fsp3) is 0.519. The van der Waals surface area contributed by atoms with Crippen LogP contribution in [0, 0.1) is 11.8 Å². The lowest BCUT2D eigenvalue weighted by Crippen LogP contribution is -2.22. The second kappa shape index (κ2) is 10.9. The molecule has 2 aliphatic rings. The largest absolute Gasteiger partial charge is 0.480 e. The summed E-state index contributed by atoms with van der Waals surface area (Å²) in [6.07, 6.45) is 5.96. The van der Waals surface area contributed by atoms with Crippen molar-refractivity contribution in [1.82, 2.24) is 19.5 Å².